The number of carboxylic acid groups (broad SMARTS) is 1. The van der Waals surface area contributed by atoms with E-state index in [1.165, 1.54) is 4.90 Å². The van der Waals surface area contributed by atoms with Gasteiger partial charge in [-0.15, -0.1) is 0 Å². The predicted molar refractivity (Wildman–Crippen MR) is 94.3 cm³/mol. The van der Waals surface area contributed by atoms with Crippen LogP contribution in [-0.2, 0) is 16.0 Å². The van der Waals surface area contributed by atoms with Crippen molar-refractivity contribution in [2.45, 2.75) is 12.8 Å². The first kappa shape index (κ1) is 18.3. The highest BCUT2D eigenvalue weighted by Crippen LogP contribution is 2.24. The van der Waals surface area contributed by atoms with E-state index in [9.17, 15) is 9.59 Å². The molecular formula is C19H21NO5. The lowest BCUT2D eigenvalue weighted by Gasteiger charge is -2.21. The molecule has 0 aliphatic carbocycles. The van der Waals surface area contributed by atoms with Gasteiger partial charge < -0.3 is 19.5 Å². The molecule has 0 fully saturated rings. The maximum Gasteiger partial charge on any atom is 0.323 e. The Morgan fingerprint density at radius 1 is 1.00 bits per heavy atom. The van der Waals surface area contributed by atoms with E-state index in [1.54, 1.807) is 44.6 Å². The zero-order valence-corrected chi connectivity index (χ0v) is 14.3. The first-order valence-electron chi connectivity index (χ1n) is 7.82. The summed E-state index contributed by atoms with van der Waals surface area (Å²) >= 11 is 0. The van der Waals surface area contributed by atoms with Crippen LogP contribution in [0.15, 0.2) is 48.5 Å². The summed E-state index contributed by atoms with van der Waals surface area (Å²) < 4.78 is 10.4. The van der Waals surface area contributed by atoms with Crippen molar-refractivity contribution in [3.63, 3.8) is 0 Å². The van der Waals surface area contributed by atoms with Gasteiger partial charge in [-0.05, 0) is 36.2 Å². The minimum atomic E-state index is -1.06. The third kappa shape index (κ3) is 5.24. The Morgan fingerprint density at radius 2 is 1.60 bits per heavy atom. The molecule has 0 atom stereocenters. The minimum Gasteiger partial charge on any atom is -0.497 e. The molecule has 2 aromatic rings. The second-order valence-electron chi connectivity index (χ2n) is 5.43. The molecule has 0 aliphatic heterocycles. The van der Waals surface area contributed by atoms with Crippen LogP contribution in [-0.4, -0.2) is 37.7 Å². The molecule has 6 nitrogen and oxygen atoms in total. The summed E-state index contributed by atoms with van der Waals surface area (Å²) in [5, 5.41) is 9.09. The van der Waals surface area contributed by atoms with E-state index in [2.05, 4.69) is 0 Å². The summed E-state index contributed by atoms with van der Waals surface area (Å²) in [7, 11) is 3.13. The first-order valence-corrected chi connectivity index (χ1v) is 7.82. The van der Waals surface area contributed by atoms with E-state index in [4.69, 9.17) is 14.6 Å². The van der Waals surface area contributed by atoms with E-state index in [1.807, 2.05) is 18.2 Å². The van der Waals surface area contributed by atoms with Gasteiger partial charge in [0.15, 0.2) is 0 Å². The van der Waals surface area contributed by atoms with Crippen LogP contribution in [0.5, 0.6) is 11.5 Å². The van der Waals surface area contributed by atoms with Gasteiger partial charge in [-0.1, -0.05) is 18.2 Å². The number of hydrogen-bond acceptors (Lipinski definition) is 4. The molecule has 0 bridgehead atoms. The number of hydrogen-bond donors (Lipinski definition) is 1. The summed E-state index contributed by atoms with van der Waals surface area (Å²) in [5.41, 5.74) is 1.45. The number of methoxy groups -OCH3 is 2. The Hall–Kier alpha value is -3.02. The number of carbonyl (C=O) groups excluding carboxylic acids is 1. The zero-order chi connectivity index (χ0) is 18.2. The highest BCUT2D eigenvalue weighted by Gasteiger charge is 2.18. The van der Waals surface area contributed by atoms with Gasteiger partial charge in [-0.3, -0.25) is 9.59 Å². The number of para-hydroxylation sites is 1. The normalized spacial score (nSPS) is 10.2. The number of nitrogens with zero attached hydrogens (tertiary/aromatic N) is 1. The van der Waals surface area contributed by atoms with Crippen molar-refractivity contribution in [1.82, 2.24) is 0 Å². The number of aryl methyl sites for hydroxylation is 1. The van der Waals surface area contributed by atoms with Gasteiger partial charge in [0.05, 0.1) is 14.2 Å². The second-order valence-corrected chi connectivity index (χ2v) is 5.43. The van der Waals surface area contributed by atoms with Crippen molar-refractivity contribution < 1.29 is 24.2 Å². The number of benzene rings is 2. The van der Waals surface area contributed by atoms with E-state index >= 15 is 0 Å². The highest BCUT2D eigenvalue weighted by atomic mass is 16.5. The maximum absolute atomic E-state index is 12.6. The number of anilines is 1. The molecule has 25 heavy (non-hydrogen) atoms. The molecule has 0 unspecified atom stereocenters. The number of carbonyl (C=O) groups is 2. The van der Waals surface area contributed by atoms with Gasteiger partial charge >= 0.3 is 5.97 Å². The molecule has 1 N–H and O–H groups in total. The Morgan fingerprint density at radius 3 is 2.12 bits per heavy atom. The SMILES string of the molecule is COc1cc(CCC(=O)N(CC(=O)O)c2ccccc2)cc(OC)c1. The van der Waals surface area contributed by atoms with Crippen LogP contribution in [0, 0.1) is 0 Å². The average Bonchev–Trinajstić information content (AvgIpc) is 2.64. The molecule has 0 aromatic heterocycles. The van der Waals surface area contributed by atoms with Gasteiger partial charge in [-0.2, -0.15) is 0 Å². The largest absolute Gasteiger partial charge is 0.497 e. The first-order chi connectivity index (χ1) is 12.0. The lowest BCUT2D eigenvalue weighted by Crippen LogP contribution is -2.35. The minimum absolute atomic E-state index is 0.179. The van der Waals surface area contributed by atoms with E-state index in [-0.39, 0.29) is 18.9 Å². The van der Waals surface area contributed by atoms with Crippen molar-refractivity contribution in [3.05, 3.63) is 54.1 Å². The van der Waals surface area contributed by atoms with Gasteiger partial charge in [0.25, 0.3) is 0 Å². The van der Waals surface area contributed by atoms with Crippen LogP contribution in [0.1, 0.15) is 12.0 Å². The highest BCUT2D eigenvalue weighted by molar-refractivity contribution is 5.97. The Labute approximate surface area is 146 Å². The number of carboxylic acids is 1. The van der Waals surface area contributed by atoms with Crippen LogP contribution in [0.25, 0.3) is 0 Å². The smallest absolute Gasteiger partial charge is 0.323 e. The monoisotopic (exact) mass is 343 g/mol. The maximum atomic E-state index is 12.6. The fourth-order valence-electron chi connectivity index (χ4n) is 2.46. The molecule has 132 valence electrons. The van der Waals surface area contributed by atoms with Crippen molar-refractivity contribution in [1.29, 1.82) is 0 Å². The van der Waals surface area contributed by atoms with Crippen LogP contribution < -0.4 is 14.4 Å². The zero-order valence-electron chi connectivity index (χ0n) is 14.3. The number of amides is 1. The van der Waals surface area contributed by atoms with Crippen LogP contribution in [0.3, 0.4) is 0 Å². The second kappa shape index (κ2) is 8.73. The summed E-state index contributed by atoms with van der Waals surface area (Å²) in [5.74, 6) is -0.0184. The molecule has 6 heteroatoms. The number of rotatable bonds is 8. The third-order valence-electron chi connectivity index (χ3n) is 3.70. The van der Waals surface area contributed by atoms with Crippen LogP contribution in [0.2, 0.25) is 0 Å². The number of ether oxygens (including phenoxy) is 2. The average molecular weight is 343 g/mol. The molecule has 0 radical (unpaired) electrons. The summed E-state index contributed by atoms with van der Waals surface area (Å²) in [6.45, 7) is -0.371. The molecule has 1 amide bonds. The predicted octanol–water partition coefficient (Wildman–Crippen LogP) is 2.75. The summed E-state index contributed by atoms with van der Waals surface area (Å²) in [6.07, 6.45) is 0.633. The summed E-state index contributed by atoms with van der Waals surface area (Å²) in [4.78, 5) is 24.9. The third-order valence-corrected chi connectivity index (χ3v) is 3.70. The lowest BCUT2D eigenvalue weighted by molar-refractivity contribution is -0.136. The van der Waals surface area contributed by atoms with Crippen molar-refractivity contribution in [2.75, 3.05) is 25.7 Å². The molecule has 0 saturated carbocycles. The fraction of sp³-hybridized carbons (Fsp3) is 0.263. The number of aliphatic carboxylic acids is 1. The van der Waals surface area contributed by atoms with Crippen molar-refractivity contribution in [3.8, 4) is 11.5 Å². The van der Waals surface area contributed by atoms with Crippen LogP contribution in [0.4, 0.5) is 5.69 Å². The van der Waals surface area contributed by atoms with E-state index < -0.39 is 5.97 Å². The molecule has 0 heterocycles. The van der Waals surface area contributed by atoms with Crippen molar-refractivity contribution in [2.24, 2.45) is 0 Å². The molecular weight excluding hydrogens is 322 g/mol. The summed E-state index contributed by atoms with van der Waals surface area (Å²) in [6, 6.07) is 14.2. The van der Waals surface area contributed by atoms with Crippen molar-refractivity contribution >= 4 is 17.6 Å². The quantitative estimate of drug-likeness (QED) is 0.797. The Kier molecular flexibility index (Phi) is 6.39. The Balaban J connectivity index is 2.12. The molecule has 0 spiro atoms. The molecule has 0 saturated heterocycles. The Bertz CT molecular complexity index is 708. The van der Waals surface area contributed by atoms with Gasteiger partial charge in [0, 0.05) is 18.2 Å². The fourth-order valence-corrected chi connectivity index (χ4v) is 2.46. The van der Waals surface area contributed by atoms with Gasteiger partial charge in [0.2, 0.25) is 5.91 Å². The van der Waals surface area contributed by atoms with E-state index in [0.717, 1.165) is 5.56 Å². The van der Waals surface area contributed by atoms with Gasteiger partial charge in [0.1, 0.15) is 18.0 Å². The topological polar surface area (TPSA) is 76.1 Å². The van der Waals surface area contributed by atoms with Gasteiger partial charge in [-0.25, -0.2) is 0 Å². The lowest BCUT2D eigenvalue weighted by atomic mass is 10.1. The molecule has 2 aromatic carbocycles. The standard InChI is InChI=1S/C19H21NO5/c1-24-16-10-14(11-17(12-16)25-2)8-9-18(21)20(13-19(22)23)15-6-4-3-5-7-15/h3-7,10-12H,8-9,13H2,1-2H3,(H,22,23). The van der Waals surface area contributed by atoms with E-state index in [0.29, 0.717) is 23.6 Å². The molecule has 0 aliphatic rings. The molecule has 2 rings (SSSR count). The van der Waals surface area contributed by atoms with Crippen LogP contribution >= 0.6 is 0 Å².